The smallest absolute Gasteiger partial charge is 0.354 e. The monoisotopic (exact) mass is 530 g/mol. The number of aryl methyl sites for hydroxylation is 1. The minimum atomic E-state index is -0.341. The van der Waals surface area contributed by atoms with Crippen molar-refractivity contribution in [1.29, 1.82) is 0 Å². The van der Waals surface area contributed by atoms with Gasteiger partial charge >= 0.3 is 11.9 Å². The molecule has 0 amide bonds. The van der Waals surface area contributed by atoms with Gasteiger partial charge in [-0.1, -0.05) is 49.6 Å². The Labute approximate surface area is 230 Å². The normalized spacial score (nSPS) is 12.8. The molecule has 0 fully saturated rings. The Morgan fingerprint density at radius 1 is 0.949 bits per heavy atom. The number of fused-ring (bicyclic) bond motifs is 1. The molecule has 0 saturated carbocycles. The number of benzene rings is 2. The molecule has 2 N–H and O–H groups in total. The quantitative estimate of drug-likeness (QED) is 0.147. The van der Waals surface area contributed by atoms with Gasteiger partial charge in [-0.2, -0.15) is 0 Å². The zero-order chi connectivity index (χ0) is 27.5. The predicted octanol–water partition coefficient (Wildman–Crippen LogP) is 6.40. The highest BCUT2D eigenvalue weighted by Crippen LogP contribution is 2.27. The van der Waals surface area contributed by atoms with Crippen molar-refractivity contribution in [2.75, 3.05) is 26.1 Å². The van der Waals surface area contributed by atoms with Gasteiger partial charge in [0.25, 0.3) is 0 Å². The van der Waals surface area contributed by atoms with Crippen LogP contribution in [0.25, 0.3) is 10.9 Å². The van der Waals surface area contributed by atoms with Gasteiger partial charge in [-0.25, -0.2) is 4.79 Å². The van der Waals surface area contributed by atoms with Crippen LogP contribution in [0, 0.1) is 0 Å². The van der Waals surface area contributed by atoms with Gasteiger partial charge in [0.2, 0.25) is 0 Å². The van der Waals surface area contributed by atoms with Crippen molar-refractivity contribution < 1.29 is 23.8 Å². The first kappa shape index (κ1) is 28.0. The average Bonchev–Trinajstić information content (AvgIpc) is 3.32. The second kappa shape index (κ2) is 14.2. The number of anilines is 1. The summed E-state index contributed by atoms with van der Waals surface area (Å²) in [5, 5.41) is 0.960. The summed E-state index contributed by atoms with van der Waals surface area (Å²) in [6, 6.07) is 15.1. The van der Waals surface area contributed by atoms with Crippen LogP contribution in [0.3, 0.4) is 0 Å². The first-order valence-electron chi connectivity index (χ1n) is 13.7. The zero-order valence-corrected chi connectivity index (χ0v) is 22.7. The molecule has 1 aliphatic carbocycles. The summed E-state index contributed by atoms with van der Waals surface area (Å²) >= 11 is 0. The van der Waals surface area contributed by atoms with Crippen LogP contribution in [0.2, 0.25) is 0 Å². The minimum absolute atomic E-state index is 0.217. The van der Waals surface area contributed by atoms with Crippen LogP contribution >= 0.6 is 0 Å². The number of allylic oxidation sites excluding steroid dienone is 2. The van der Waals surface area contributed by atoms with Crippen LogP contribution < -0.4 is 10.5 Å². The van der Waals surface area contributed by atoms with Gasteiger partial charge < -0.3 is 24.5 Å². The summed E-state index contributed by atoms with van der Waals surface area (Å²) in [4.78, 5) is 24.5. The Hall–Kier alpha value is -4.00. The highest BCUT2D eigenvalue weighted by atomic mass is 16.5. The summed E-state index contributed by atoms with van der Waals surface area (Å²) in [5.41, 5.74) is 9.98. The van der Waals surface area contributed by atoms with Crippen LogP contribution in [0.4, 0.5) is 5.69 Å². The molecule has 7 heteroatoms. The first-order valence-corrected chi connectivity index (χ1v) is 13.7. The lowest BCUT2D eigenvalue weighted by Crippen LogP contribution is -2.11. The van der Waals surface area contributed by atoms with Gasteiger partial charge in [-0.15, -0.1) is 0 Å². The predicted molar refractivity (Wildman–Crippen MR) is 154 cm³/mol. The molecule has 1 aromatic heterocycles. The summed E-state index contributed by atoms with van der Waals surface area (Å²) in [7, 11) is 1.41. The number of rotatable bonds is 14. The van der Waals surface area contributed by atoms with Crippen LogP contribution in [0.15, 0.2) is 72.3 Å². The molecule has 0 unspecified atom stereocenters. The average molecular weight is 531 g/mol. The Morgan fingerprint density at radius 3 is 2.51 bits per heavy atom. The zero-order valence-electron chi connectivity index (χ0n) is 22.7. The van der Waals surface area contributed by atoms with E-state index in [1.165, 1.54) is 12.7 Å². The molecule has 7 nitrogen and oxygen atoms in total. The van der Waals surface area contributed by atoms with E-state index in [2.05, 4.69) is 18.2 Å². The van der Waals surface area contributed by atoms with Gasteiger partial charge in [0.05, 0.1) is 20.1 Å². The molecule has 0 aliphatic heterocycles. The number of hydrogen-bond acceptors (Lipinski definition) is 6. The number of nitrogen functional groups attached to an aromatic ring is 1. The number of nitrogens with two attached hydrogens (primary N) is 1. The molecule has 4 rings (SSSR count). The Kier molecular flexibility index (Phi) is 10.2. The second-order valence-corrected chi connectivity index (χ2v) is 9.85. The van der Waals surface area contributed by atoms with E-state index in [-0.39, 0.29) is 18.4 Å². The van der Waals surface area contributed by atoms with E-state index in [1.807, 2.05) is 41.0 Å². The van der Waals surface area contributed by atoms with Crippen LogP contribution in [0.1, 0.15) is 61.0 Å². The van der Waals surface area contributed by atoms with Crippen molar-refractivity contribution >= 4 is 28.5 Å². The summed E-state index contributed by atoms with van der Waals surface area (Å²) < 4.78 is 18.4. The summed E-state index contributed by atoms with van der Waals surface area (Å²) in [6.45, 7) is 1.69. The SMILES string of the molecule is COC(=O)c1cc2cc(OCC3=CCCC=C3)ccc2n1CCCCCCCOC(=O)Cc1ccc(N)cc1. The topological polar surface area (TPSA) is 92.8 Å². The third-order valence-corrected chi connectivity index (χ3v) is 6.86. The summed E-state index contributed by atoms with van der Waals surface area (Å²) in [5.74, 6) is 0.225. The minimum Gasteiger partial charge on any atom is -0.489 e. The van der Waals surface area contributed by atoms with E-state index in [9.17, 15) is 9.59 Å². The number of methoxy groups -OCH3 is 1. The van der Waals surface area contributed by atoms with Crippen molar-refractivity contribution in [1.82, 2.24) is 4.57 Å². The van der Waals surface area contributed by atoms with Gasteiger partial charge in [-0.05, 0) is 73.2 Å². The van der Waals surface area contributed by atoms with E-state index in [0.717, 1.165) is 73.7 Å². The molecule has 206 valence electrons. The Bertz CT molecular complexity index is 1320. The maximum Gasteiger partial charge on any atom is 0.354 e. The molecule has 0 spiro atoms. The molecule has 0 atom stereocenters. The number of ether oxygens (including phenoxy) is 3. The highest BCUT2D eigenvalue weighted by molar-refractivity contribution is 5.96. The van der Waals surface area contributed by atoms with Crippen molar-refractivity contribution in [2.24, 2.45) is 0 Å². The van der Waals surface area contributed by atoms with E-state index in [0.29, 0.717) is 24.6 Å². The molecule has 3 aromatic rings. The molecular formula is C32H38N2O5. The van der Waals surface area contributed by atoms with Gasteiger partial charge in [0.15, 0.2) is 0 Å². The number of hydrogen-bond donors (Lipinski definition) is 1. The number of unbranched alkanes of at least 4 members (excludes halogenated alkanes) is 4. The fraction of sp³-hybridized carbons (Fsp3) is 0.375. The van der Waals surface area contributed by atoms with Gasteiger partial charge in [-0.3, -0.25) is 4.79 Å². The fourth-order valence-electron chi connectivity index (χ4n) is 4.74. The van der Waals surface area contributed by atoms with E-state index < -0.39 is 0 Å². The van der Waals surface area contributed by atoms with Crippen molar-refractivity contribution in [3.8, 4) is 5.75 Å². The highest BCUT2D eigenvalue weighted by Gasteiger charge is 2.16. The number of nitrogens with zero attached hydrogens (tertiary/aromatic N) is 1. The molecule has 2 aromatic carbocycles. The largest absolute Gasteiger partial charge is 0.489 e. The van der Waals surface area contributed by atoms with E-state index in [1.54, 1.807) is 12.1 Å². The van der Waals surface area contributed by atoms with Crippen LogP contribution in [-0.2, 0) is 27.2 Å². The van der Waals surface area contributed by atoms with Crippen molar-refractivity contribution in [3.05, 3.63) is 83.6 Å². The van der Waals surface area contributed by atoms with E-state index >= 15 is 0 Å². The molecule has 0 radical (unpaired) electrons. The van der Waals surface area contributed by atoms with Crippen LogP contribution in [-0.4, -0.2) is 36.8 Å². The fourth-order valence-corrected chi connectivity index (χ4v) is 4.74. The van der Waals surface area contributed by atoms with Crippen molar-refractivity contribution in [3.63, 3.8) is 0 Å². The van der Waals surface area contributed by atoms with E-state index in [4.69, 9.17) is 19.9 Å². The second-order valence-electron chi connectivity index (χ2n) is 9.85. The van der Waals surface area contributed by atoms with Gasteiger partial charge in [0.1, 0.15) is 18.1 Å². The molecule has 39 heavy (non-hydrogen) atoms. The lowest BCUT2D eigenvalue weighted by Gasteiger charge is -2.11. The van der Waals surface area contributed by atoms with Crippen LogP contribution in [0.5, 0.6) is 5.75 Å². The number of carbonyl (C=O) groups is 2. The molecule has 1 aliphatic rings. The summed E-state index contributed by atoms with van der Waals surface area (Å²) in [6.07, 6.45) is 13.7. The maximum atomic E-state index is 12.5. The molecule has 1 heterocycles. The molecule has 0 bridgehead atoms. The number of esters is 2. The van der Waals surface area contributed by atoms with Gasteiger partial charge in [0, 0.05) is 23.1 Å². The first-order chi connectivity index (χ1) is 19.0. The molecular weight excluding hydrogens is 492 g/mol. The third kappa shape index (κ3) is 8.24. The Balaban J connectivity index is 1.21. The number of carbonyl (C=O) groups excluding carboxylic acids is 2. The third-order valence-electron chi connectivity index (χ3n) is 6.86. The van der Waals surface area contributed by atoms with Crippen molar-refractivity contribution in [2.45, 2.75) is 57.9 Å². The number of aromatic nitrogens is 1. The lowest BCUT2D eigenvalue weighted by molar-refractivity contribution is -0.142. The Morgan fingerprint density at radius 2 is 1.74 bits per heavy atom. The lowest BCUT2D eigenvalue weighted by atomic mass is 10.1. The molecule has 0 saturated heterocycles. The maximum absolute atomic E-state index is 12.5. The standard InChI is InChI=1S/C32H38N2O5/c1-37-32(36)30-22-26-21-28(39-23-25-10-6-5-7-11-25)16-17-29(26)34(30)18-8-3-2-4-9-19-38-31(35)20-24-12-14-27(33)15-13-24/h6,10-17,21-22H,2-5,7-9,18-20,23,33H2,1H3.